The molecule has 56 heavy (non-hydrogen) atoms. The van der Waals surface area contributed by atoms with Gasteiger partial charge in [0.25, 0.3) is 0 Å². The van der Waals surface area contributed by atoms with Gasteiger partial charge in [0, 0.05) is 32.5 Å². The summed E-state index contributed by atoms with van der Waals surface area (Å²) in [4.78, 5) is 2.43. The van der Waals surface area contributed by atoms with Gasteiger partial charge in [0.15, 0.2) is 0 Å². The minimum absolute atomic E-state index is 0.846. The molecule has 0 N–H and O–H groups in total. The van der Waals surface area contributed by atoms with Crippen LogP contribution in [0.2, 0.25) is 0 Å². The first kappa shape index (κ1) is 30.9. The van der Waals surface area contributed by atoms with Gasteiger partial charge in [-0.15, -0.1) is 0 Å². The summed E-state index contributed by atoms with van der Waals surface area (Å²) in [5.74, 6) is 0. The highest BCUT2D eigenvalue weighted by molar-refractivity contribution is 6.16. The first-order valence-electron chi connectivity index (χ1n) is 19.0. The smallest absolute Gasteiger partial charge is 0.137 e. The molecule has 9 aromatic carbocycles. The number of fused-ring (bicyclic) bond motifs is 10. The molecular weight excluding hydrogens is 685 g/mol. The van der Waals surface area contributed by atoms with Crippen LogP contribution in [0.4, 0.5) is 17.1 Å². The molecule has 0 aliphatic carbocycles. The number of anilines is 3. The zero-order valence-corrected chi connectivity index (χ0v) is 30.2. The summed E-state index contributed by atoms with van der Waals surface area (Å²) in [5.41, 5.74) is 12.2. The van der Waals surface area contributed by atoms with Crippen LogP contribution in [0.3, 0.4) is 0 Å². The average Bonchev–Trinajstić information content (AvgIpc) is 3.93. The van der Waals surface area contributed by atoms with E-state index in [0.717, 1.165) is 88.8 Å². The van der Waals surface area contributed by atoms with Gasteiger partial charge in [0.2, 0.25) is 0 Å². The highest BCUT2D eigenvalue weighted by atomic mass is 16.3. The van der Waals surface area contributed by atoms with E-state index in [0.29, 0.717) is 0 Å². The second-order valence-electron chi connectivity index (χ2n) is 14.5. The van der Waals surface area contributed by atoms with Crippen molar-refractivity contribution in [1.82, 2.24) is 4.57 Å². The Kier molecular flexibility index (Phi) is 6.60. The van der Waals surface area contributed by atoms with Gasteiger partial charge >= 0.3 is 0 Å². The van der Waals surface area contributed by atoms with Crippen molar-refractivity contribution in [1.29, 1.82) is 0 Å². The van der Waals surface area contributed by atoms with Crippen molar-refractivity contribution in [3.8, 4) is 16.8 Å². The molecule has 262 valence electrons. The second-order valence-corrected chi connectivity index (χ2v) is 14.5. The normalized spacial score (nSPS) is 11.9. The highest BCUT2D eigenvalue weighted by Crippen LogP contribution is 2.49. The van der Waals surface area contributed by atoms with Crippen molar-refractivity contribution in [3.05, 3.63) is 194 Å². The minimum atomic E-state index is 0.846. The molecule has 0 amide bonds. The van der Waals surface area contributed by atoms with Gasteiger partial charge in [-0.05, 0) is 89.1 Å². The van der Waals surface area contributed by atoms with Crippen molar-refractivity contribution in [2.75, 3.05) is 4.90 Å². The van der Waals surface area contributed by atoms with Crippen LogP contribution in [0.25, 0.3) is 93.3 Å². The molecular formula is C52H32N2O2. The fraction of sp³-hybridized carbons (Fsp3) is 0. The maximum Gasteiger partial charge on any atom is 0.137 e. The quantitative estimate of drug-likeness (QED) is 0.178. The standard InChI is InChI=1S/C52H32N2O2/c1-2-15-34-32-51-41(30-33(34)14-1)40-31-35(28-29-49(40)56-51)36-16-3-7-20-42(36)54(47-25-13-27-50-52(47)39-19-6-12-26-48(39)55-50)46-24-11-10-23-45(46)53-43-21-8-4-17-37(43)38-18-5-9-22-44(38)53/h1-32H. The summed E-state index contributed by atoms with van der Waals surface area (Å²) < 4.78 is 15.4. The van der Waals surface area contributed by atoms with Crippen molar-refractivity contribution in [3.63, 3.8) is 0 Å². The lowest BCUT2D eigenvalue weighted by Gasteiger charge is -2.30. The van der Waals surface area contributed by atoms with E-state index in [4.69, 9.17) is 8.83 Å². The Balaban J connectivity index is 1.16. The number of hydrogen-bond donors (Lipinski definition) is 0. The van der Waals surface area contributed by atoms with Gasteiger partial charge in [0.05, 0.1) is 39.2 Å². The van der Waals surface area contributed by atoms with E-state index in [2.05, 4.69) is 198 Å². The van der Waals surface area contributed by atoms with Crippen molar-refractivity contribution >= 4 is 93.5 Å². The van der Waals surface area contributed by atoms with Gasteiger partial charge in [-0.1, -0.05) is 121 Å². The number of hydrogen-bond acceptors (Lipinski definition) is 3. The fourth-order valence-electron chi connectivity index (χ4n) is 8.90. The molecule has 12 aromatic rings. The topological polar surface area (TPSA) is 34.5 Å². The van der Waals surface area contributed by atoms with Crippen LogP contribution in [0, 0.1) is 0 Å². The van der Waals surface area contributed by atoms with Crippen LogP contribution in [0.1, 0.15) is 0 Å². The molecule has 4 heteroatoms. The summed E-state index contributed by atoms with van der Waals surface area (Å²) in [5, 5.41) is 9.17. The molecule has 0 saturated carbocycles. The Labute approximate surface area is 321 Å². The first-order chi connectivity index (χ1) is 27.8. The van der Waals surface area contributed by atoms with E-state index >= 15 is 0 Å². The van der Waals surface area contributed by atoms with E-state index in [1.807, 2.05) is 6.07 Å². The third-order valence-electron chi connectivity index (χ3n) is 11.4. The lowest BCUT2D eigenvalue weighted by Crippen LogP contribution is -2.14. The maximum absolute atomic E-state index is 6.52. The molecule has 4 nitrogen and oxygen atoms in total. The van der Waals surface area contributed by atoms with Gasteiger partial charge in [-0.3, -0.25) is 0 Å². The Morgan fingerprint density at radius 1 is 0.357 bits per heavy atom. The van der Waals surface area contributed by atoms with Gasteiger partial charge in [-0.25, -0.2) is 0 Å². The molecule has 0 fully saturated rings. The van der Waals surface area contributed by atoms with E-state index in [-0.39, 0.29) is 0 Å². The molecule has 0 aliphatic heterocycles. The van der Waals surface area contributed by atoms with Crippen molar-refractivity contribution < 1.29 is 8.83 Å². The van der Waals surface area contributed by atoms with Gasteiger partial charge in [0.1, 0.15) is 22.3 Å². The molecule has 0 bridgehead atoms. The third kappa shape index (κ3) is 4.53. The Morgan fingerprint density at radius 2 is 0.929 bits per heavy atom. The Bertz CT molecular complexity index is 3460. The number of rotatable bonds is 5. The van der Waals surface area contributed by atoms with Gasteiger partial charge < -0.3 is 18.3 Å². The van der Waals surface area contributed by atoms with Crippen LogP contribution in [-0.2, 0) is 0 Å². The minimum Gasteiger partial charge on any atom is -0.456 e. The largest absolute Gasteiger partial charge is 0.456 e. The first-order valence-corrected chi connectivity index (χ1v) is 19.0. The number of nitrogens with zero attached hydrogens (tertiary/aromatic N) is 2. The summed E-state index contributed by atoms with van der Waals surface area (Å²) in [6.45, 7) is 0. The Hall–Kier alpha value is -7.56. The average molecular weight is 717 g/mol. The lowest BCUT2D eigenvalue weighted by molar-refractivity contribution is 0.668. The maximum atomic E-state index is 6.52. The summed E-state index contributed by atoms with van der Waals surface area (Å²) in [6, 6.07) is 69.1. The molecule has 3 aromatic heterocycles. The molecule has 3 heterocycles. The number of para-hydroxylation sites is 6. The van der Waals surface area contributed by atoms with E-state index < -0.39 is 0 Å². The fourth-order valence-corrected chi connectivity index (χ4v) is 8.90. The van der Waals surface area contributed by atoms with Crippen LogP contribution in [0.5, 0.6) is 0 Å². The summed E-state index contributed by atoms with van der Waals surface area (Å²) >= 11 is 0. The predicted octanol–water partition coefficient (Wildman–Crippen LogP) is 14.9. The van der Waals surface area contributed by atoms with Crippen molar-refractivity contribution in [2.24, 2.45) is 0 Å². The molecule has 0 radical (unpaired) electrons. The van der Waals surface area contributed by atoms with Crippen LogP contribution >= 0.6 is 0 Å². The predicted molar refractivity (Wildman–Crippen MR) is 233 cm³/mol. The van der Waals surface area contributed by atoms with Crippen molar-refractivity contribution in [2.45, 2.75) is 0 Å². The molecule has 0 saturated heterocycles. The Morgan fingerprint density at radius 3 is 1.75 bits per heavy atom. The molecule has 0 unspecified atom stereocenters. The zero-order chi connectivity index (χ0) is 36.7. The lowest BCUT2D eigenvalue weighted by atomic mass is 9.98. The van der Waals surface area contributed by atoms with E-state index in [1.165, 1.54) is 21.5 Å². The number of furan rings is 2. The SMILES string of the molecule is c1ccc(N(c2ccccc2-n2c3ccccc3c3ccccc32)c2cccc3oc4ccccc4c23)c(-c2ccc3oc4cc5ccccc5cc4c3c2)c1. The van der Waals surface area contributed by atoms with Gasteiger partial charge in [-0.2, -0.15) is 0 Å². The van der Waals surface area contributed by atoms with Crippen LogP contribution in [0.15, 0.2) is 203 Å². The van der Waals surface area contributed by atoms with E-state index in [1.54, 1.807) is 0 Å². The summed E-state index contributed by atoms with van der Waals surface area (Å²) in [6.07, 6.45) is 0. The summed E-state index contributed by atoms with van der Waals surface area (Å²) in [7, 11) is 0. The highest BCUT2D eigenvalue weighted by Gasteiger charge is 2.25. The molecule has 12 rings (SSSR count). The number of benzene rings is 9. The second kappa shape index (κ2) is 12.0. The van der Waals surface area contributed by atoms with Crippen LogP contribution in [-0.4, -0.2) is 4.57 Å². The molecule has 0 aliphatic rings. The molecule has 0 atom stereocenters. The van der Waals surface area contributed by atoms with Crippen LogP contribution < -0.4 is 4.90 Å². The number of aromatic nitrogens is 1. The zero-order valence-electron chi connectivity index (χ0n) is 30.2. The monoisotopic (exact) mass is 716 g/mol. The third-order valence-corrected chi connectivity index (χ3v) is 11.4. The van der Waals surface area contributed by atoms with E-state index in [9.17, 15) is 0 Å². The molecule has 0 spiro atoms.